The number of hydrogen-bond donors (Lipinski definition) is 2. The Bertz CT molecular complexity index is 1040. The second-order valence-electron chi connectivity index (χ2n) is 8.83. The van der Waals surface area contributed by atoms with Crippen LogP contribution in [0.3, 0.4) is 0 Å². The standard InChI is InChI=1S/C22H26N6O3/c1-22(15-8-9-15)20(30)28(21(31)24-22)13-18(29)23-16-10-6-14(7-11-16)19-26-25-17-5-3-2-4-12-27(17)19/h6-7,10-11,15H,2-5,8-9,12-13H2,1H3,(H,23,29)(H,24,31)/t22-/m1/s1. The van der Waals surface area contributed by atoms with Gasteiger partial charge in [-0.15, -0.1) is 10.2 Å². The maximum atomic E-state index is 12.7. The molecular weight excluding hydrogens is 396 g/mol. The molecule has 3 aliphatic rings. The van der Waals surface area contributed by atoms with Crippen molar-refractivity contribution in [3.8, 4) is 11.4 Å². The summed E-state index contributed by atoms with van der Waals surface area (Å²) in [6.07, 6.45) is 6.25. The number of fused-ring (bicyclic) bond motifs is 1. The fraction of sp³-hybridized carbons (Fsp3) is 0.500. The maximum absolute atomic E-state index is 12.7. The molecule has 1 saturated carbocycles. The van der Waals surface area contributed by atoms with Gasteiger partial charge in [-0.05, 0) is 62.8 Å². The molecule has 162 valence electrons. The van der Waals surface area contributed by atoms with Gasteiger partial charge in [0.05, 0.1) is 0 Å². The van der Waals surface area contributed by atoms with Crippen molar-refractivity contribution < 1.29 is 14.4 Å². The number of urea groups is 1. The molecule has 0 radical (unpaired) electrons. The Hall–Kier alpha value is -3.23. The monoisotopic (exact) mass is 422 g/mol. The smallest absolute Gasteiger partial charge is 0.325 e. The topological polar surface area (TPSA) is 109 Å². The maximum Gasteiger partial charge on any atom is 0.325 e. The number of rotatable bonds is 5. The highest BCUT2D eigenvalue weighted by molar-refractivity contribution is 6.10. The first-order chi connectivity index (χ1) is 15.0. The molecular formula is C22H26N6O3. The molecule has 1 saturated heterocycles. The Labute approximate surface area is 180 Å². The number of nitrogens with zero attached hydrogens (tertiary/aromatic N) is 4. The second-order valence-corrected chi connectivity index (χ2v) is 8.83. The zero-order valence-electron chi connectivity index (χ0n) is 17.6. The third-order valence-electron chi connectivity index (χ3n) is 6.53. The molecule has 0 bridgehead atoms. The highest BCUT2D eigenvalue weighted by Crippen LogP contribution is 2.42. The number of aryl methyl sites for hydroxylation is 1. The molecule has 1 aromatic heterocycles. The van der Waals surface area contributed by atoms with Crippen molar-refractivity contribution in [2.45, 2.75) is 57.5 Å². The number of anilines is 1. The van der Waals surface area contributed by atoms with Crippen LogP contribution in [0.2, 0.25) is 0 Å². The third-order valence-corrected chi connectivity index (χ3v) is 6.53. The Balaban J connectivity index is 1.24. The zero-order valence-corrected chi connectivity index (χ0v) is 17.6. The molecule has 2 aromatic rings. The van der Waals surface area contributed by atoms with Crippen molar-refractivity contribution >= 4 is 23.5 Å². The predicted molar refractivity (Wildman–Crippen MR) is 113 cm³/mol. The first-order valence-corrected chi connectivity index (χ1v) is 10.9. The summed E-state index contributed by atoms with van der Waals surface area (Å²) in [7, 11) is 0. The van der Waals surface area contributed by atoms with Crippen molar-refractivity contribution in [3.05, 3.63) is 30.1 Å². The van der Waals surface area contributed by atoms with Gasteiger partial charge in [0.15, 0.2) is 5.82 Å². The number of imide groups is 1. The van der Waals surface area contributed by atoms with E-state index in [1.807, 2.05) is 12.1 Å². The van der Waals surface area contributed by atoms with E-state index in [2.05, 4.69) is 25.4 Å². The lowest BCUT2D eigenvalue weighted by Crippen LogP contribution is -2.46. The van der Waals surface area contributed by atoms with E-state index in [4.69, 9.17) is 0 Å². The number of carbonyl (C=O) groups excluding carboxylic acids is 3. The molecule has 1 atom stereocenters. The number of hydrogen-bond acceptors (Lipinski definition) is 5. The molecule has 1 aromatic carbocycles. The van der Waals surface area contributed by atoms with Gasteiger partial charge >= 0.3 is 6.03 Å². The van der Waals surface area contributed by atoms with Crippen molar-refractivity contribution in [1.82, 2.24) is 25.0 Å². The van der Waals surface area contributed by atoms with Crippen LogP contribution >= 0.6 is 0 Å². The lowest BCUT2D eigenvalue weighted by atomic mass is 9.96. The molecule has 3 heterocycles. The number of amides is 4. The summed E-state index contributed by atoms with van der Waals surface area (Å²) < 4.78 is 2.18. The van der Waals surface area contributed by atoms with Gasteiger partial charge in [-0.2, -0.15) is 0 Å². The normalized spacial score (nSPS) is 23.3. The largest absolute Gasteiger partial charge is 0.325 e. The summed E-state index contributed by atoms with van der Waals surface area (Å²) in [6.45, 7) is 2.36. The van der Waals surface area contributed by atoms with Crippen LogP contribution in [0.1, 0.15) is 44.9 Å². The summed E-state index contributed by atoms with van der Waals surface area (Å²) in [6, 6.07) is 6.89. The quantitative estimate of drug-likeness (QED) is 0.719. The molecule has 5 rings (SSSR count). The highest BCUT2D eigenvalue weighted by atomic mass is 16.2. The molecule has 31 heavy (non-hydrogen) atoms. The highest BCUT2D eigenvalue weighted by Gasteiger charge is 2.56. The number of carbonyl (C=O) groups is 3. The number of nitrogens with one attached hydrogen (secondary N) is 2. The summed E-state index contributed by atoms with van der Waals surface area (Å²) in [5.74, 6) is 1.30. The van der Waals surface area contributed by atoms with Gasteiger partial charge in [-0.25, -0.2) is 4.79 Å². The Morgan fingerprint density at radius 1 is 1.16 bits per heavy atom. The summed E-state index contributed by atoms with van der Waals surface area (Å²) >= 11 is 0. The van der Waals surface area contributed by atoms with Gasteiger partial charge in [-0.3, -0.25) is 14.5 Å². The van der Waals surface area contributed by atoms with Crippen LogP contribution in [-0.2, 0) is 22.6 Å². The van der Waals surface area contributed by atoms with Crippen molar-refractivity contribution in [1.29, 1.82) is 0 Å². The predicted octanol–water partition coefficient (Wildman–Crippen LogP) is 2.33. The lowest BCUT2D eigenvalue weighted by Gasteiger charge is -2.20. The average Bonchev–Trinajstić information content (AvgIpc) is 3.54. The van der Waals surface area contributed by atoms with Crippen LogP contribution in [0, 0.1) is 5.92 Å². The Morgan fingerprint density at radius 3 is 2.68 bits per heavy atom. The average molecular weight is 422 g/mol. The van der Waals surface area contributed by atoms with Crippen LogP contribution in [0.4, 0.5) is 10.5 Å². The molecule has 0 spiro atoms. The Morgan fingerprint density at radius 2 is 1.94 bits per heavy atom. The van der Waals surface area contributed by atoms with Crippen molar-refractivity contribution in [2.24, 2.45) is 5.92 Å². The number of aromatic nitrogens is 3. The van der Waals surface area contributed by atoms with Gasteiger partial charge in [0.2, 0.25) is 5.91 Å². The van der Waals surface area contributed by atoms with Crippen LogP contribution in [-0.4, -0.2) is 49.6 Å². The SMILES string of the molecule is C[C@]1(C2CC2)NC(=O)N(CC(=O)Nc2ccc(-c3nnc4n3CCCCC4)cc2)C1=O. The van der Waals surface area contributed by atoms with E-state index in [1.165, 1.54) is 6.42 Å². The zero-order chi connectivity index (χ0) is 21.6. The molecule has 2 aliphatic heterocycles. The van der Waals surface area contributed by atoms with Gasteiger partial charge in [-0.1, -0.05) is 6.42 Å². The van der Waals surface area contributed by atoms with E-state index in [1.54, 1.807) is 19.1 Å². The van der Waals surface area contributed by atoms with E-state index in [0.717, 1.165) is 60.8 Å². The summed E-state index contributed by atoms with van der Waals surface area (Å²) in [5.41, 5.74) is 0.657. The third kappa shape index (κ3) is 3.58. The van der Waals surface area contributed by atoms with E-state index in [9.17, 15) is 14.4 Å². The lowest BCUT2D eigenvalue weighted by molar-refractivity contribution is -0.134. The molecule has 2 N–H and O–H groups in total. The molecule has 4 amide bonds. The van der Waals surface area contributed by atoms with Crippen LogP contribution in [0.5, 0.6) is 0 Å². The molecule has 1 aliphatic carbocycles. The summed E-state index contributed by atoms with van der Waals surface area (Å²) in [4.78, 5) is 38.4. The first-order valence-electron chi connectivity index (χ1n) is 10.9. The van der Waals surface area contributed by atoms with E-state index in [-0.39, 0.29) is 18.4 Å². The number of benzene rings is 1. The van der Waals surface area contributed by atoms with Crippen LogP contribution < -0.4 is 10.6 Å². The summed E-state index contributed by atoms with van der Waals surface area (Å²) in [5, 5.41) is 14.2. The first kappa shape index (κ1) is 19.7. The minimum absolute atomic E-state index is 0.164. The van der Waals surface area contributed by atoms with Gasteiger partial charge < -0.3 is 15.2 Å². The minimum Gasteiger partial charge on any atom is -0.325 e. The van der Waals surface area contributed by atoms with Gasteiger partial charge in [0.25, 0.3) is 5.91 Å². The van der Waals surface area contributed by atoms with E-state index < -0.39 is 17.5 Å². The van der Waals surface area contributed by atoms with Gasteiger partial charge in [0, 0.05) is 24.2 Å². The fourth-order valence-electron chi connectivity index (χ4n) is 4.54. The van der Waals surface area contributed by atoms with Gasteiger partial charge in [0.1, 0.15) is 17.9 Å². The van der Waals surface area contributed by atoms with Crippen molar-refractivity contribution in [3.63, 3.8) is 0 Å². The van der Waals surface area contributed by atoms with Crippen molar-refractivity contribution in [2.75, 3.05) is 11.9 Å². The minimum atomic E-state index is -0.880. The molecule has 9 heteroatoms. The Kier molecular flexibility index (Phi) is 4.75. The van der Waals surface area contributed by atoms with E-state index in [0.29, 0.717) is 5.69 Å². The van der Waals surface area contributed by atoms with Crippen LogP contribution in [0.25, 0.3) is 11.4 Å². The molecule has 2 fully saturated rings. The fourth-order valence-corrected chi connectivity index (χ4v) is 4.54. The second kappa shape index (κ2) is 7.47. The molecule has 0 unspecified atom stereocenters. The van der Waals surface area contributed by atoms with E-state index >= 15 is 0 Å². The van der Waals surface area contributed by atoms with Crippen LogP contribution in [0.15, 0.2) is 24.3 Å². The molecule has 9 nitrogen and oxygen atoms in total.